The fourth-order valence-electron chi connectivity index (χ4n) is 2.83. The highest BCUT2D eigenvalue weighted by Crippen LogP contribution is 2.28. The van der Waals surface area contributed by atoms with Crippen LogP contribution in [0.2, 0.25) is 0 Å². The van der Waals surface area contributed by atoms with Gasteiger partial charge in [0.2, 0.25) is 5.91 Å². The zero-order valence-electron chi connectivity index (χ0n) is 14.1. The number of carbonyl (C=O) groups excluding carboxylic acids is 3. The topological polar surface area (TPSA) is 79.4 Å². The molecule has 2 heterocycles. The van der Waals surface area contributed by atoms with Crippen molar-refractivity contribution < 1.29 is 23.2 Å². The zero-order valence-corrected chi connectivity index (χ0v) is 14.9. The van der Waals surface area contributed by atoms with Crippen molar-refractivity contribution in [2.75, 3.05) is 11.9 Å². The number of benzene rings is 2. The molecule has 1 aliphatic rings. The van der Waals surface area contributed by atoms with E-state index in [1.54, 1.807) is 12.1 Å². The van der Waals surface area contributed by atoms with Gasteiger partial charge in [0.15, 0.2) is 5.13 Å². The SMILES string of the molecule is O=C(CN1C(=O)c2ccccc2C1=O)Nc1nc(-c2cc(F)ccc2F)cs1. The number of thiazole rings is 1. The first kappa shape index (κ1) is 17.9. The van der Waals surface area contributed by atoms with Gasteiger partial charge >= 0.3 is 0 Å². The van der Waals surface area contributed by atoms with E-state index < -0.39 is 35.9 Å². The number of fused-ring (bicyclic) bond motifs is 1. The van der Waals surface area contributed by atoms with E-state index in [4.69, 9.17) is 0 Å². The molecule has 1 aromatic heterocycles. The van der Waals surface area contributed by atoms with Gasteiger partial charge in [0.1, 0.15) is 18.2 Å². The molecule has 0 atom stereocenters. The summed E-state index contributed by atoms with van der Waals surface area (Å²) in [6.07, 6.45) is 0. The first-order valence-corrected chi connectivity index (χ1v) is 8.98. The number of imide groups is 1. The molecule has 0 saturated carbocycles. The molecule has 4 rings (SSSR count). The smallest absolute Gasteiger partial charge is 0.262 e. The number of hydrogen-bond acceptors (Lipinski definition) is 5. The average Bonchev–Trinajstić information content (AvgIpc) is 3.23. The van der Waals surface area contributed by atoms with Gasteiger partial charge in [-0.15, -0.1) is 11.3 Å². The molecule has 0 aliphatic carbocycles. The number of halogens is 2. The van der Waals surface area contributed by atoms with Crippen molar-refractivity contribution in [3.8, 4) is 11.3 Å². The van der Waals surface area contributed by atoms with E-state index in [1.807, 2.05) is 0 Å². The Morgan fingerprint density at radius 3 is 2.39 bits per heavy atom. The minimum absolute atomic E-state index is 0.0305. The summed E-state index contributed by atoms with van der Waals surface area (Å²) in [5, 5.41) is 4.07. The Balaban J connectivity index is 1.47. The lowest BCUT2D eigenvalue weighted by atomic mass is 10.1. The largest absolute Gasteiger partial charge is 0.300 e. The van der Waals surface area contributed by atoms with Crippen molar-refractivity contribution in [2.45, 2.75) is 0 Å². The summed E-state index contributed by atoms with van der Waals surface area (Å²) in [5.74, 6) is -2.97. The van der Waals surface area contributed by atoms with Crippen LogP contribution < -0.4 is 5.32 Å². The van der Waals surface area contributed by atoms with Crippen LogP contribution >= 0.6 is 11.3 Å². The highest BCUT2D eigenvalue weighted by atomic mass is 32.1. The minimum atomic E-state index is -0.643. The van der Waals surface area contributed by atoms with Crippen molar-refractivity contribution in [1.82, 2.24) is 9.88 Å². The summed E-state index contributed by atoms with van der Waals surface area (Å²) in [7, 11) is 0. The molecule has 0 spiro atoms. The first-order valence-electron chi connectivity index (χ1n) is 8.10. The molecule has 3 aromatic rings. The number of rotatable bonds is 4. The maximum absolute atomic E-state index is 13.8. The molecule has 2 aromatic carbocycles. The maximum Gasteiger partial charge on any atom is 0.262 e. The Morgan fingerprint density at radius 1 is 1.04 bits per heavy atom. The number of carbonyl (C=O) groups is 3. The monoisotopic (exact) mass is 399 g/mol. The molecule has 1 N–H and O–H groups in total. The van der Waals surface area contributed by atoms with E-state index in [9.17, 15) is 23.2 Å². The Morgan fingerprint density at radius 2 is 1.71 bits per heavy atom. The molecule has 28 heavy (non-hydrogen) atoms. The molecule has 0 fully saturated rings. The lowest BCUT2D eigenvalue weighted by Crippen LogP contribution is -2.37. The van der Waals surface area contributed by atoms with Gasteiger partial charge in [-0.3, -0.25) is 19.3 Å². The Hall–Kier alpha value is -3.46. The second kappa shape index (κ2) is 6.93. The van der Waals surface area contributed by atoms with E-state index in [0.717, 1.165) is 34.4 Å². The van der Waals surface area contributed by atoms with Crippen molar-refractivity contribution >= 4 is 34.2 Å². The summed E-state index contributed by atoms with van der Waals surface area (Å²) in [6.45, 7) is -0.477. The third-order valence-corrected chi connectivity index (χ3v) is 4.89. The van der Waals surface area contributed by atoms with E-state index in [-0.39, 0.29) is 27.5 Å². The Bertz CT molecular complexity index is 1090. The molecule has 0 bridgehead atoms. The molecular formula is C19H11F2N3O3S. The predicted molar refractivity (Wildman–Crippen MR) is 97.9 cm³/mol. The van der Waals surface area contributed by atoms with Crippen molar-refractivity contribution in [3.63, 3.8) is 0 Å². The normalized spacial score (nSPS) is 13.0. The van der Waals surface area contributed by atoms with Gasteiger partial charge in [0.05, 0.1) is 16.8 Å². The highest BCUT2D eigenvalue weighted by molar-refractivity contribution is 7.14. The second-order valence-corrected chi connectivity index (χ2v) is 6.81. The van der Waals surface area contributed by atoms with Gasteiger partial charge in [-0.1, -0.05) is 12.1 Å². The standard InChI is InChI=1S/C19H11F2N3O3S/c20-10-5-6-14(21)13(7-10)15-9-28-19(22-15)23-16(25)8-24-17(26)11-3-1-2-4-12(11)18(24)27/h1-7,9H,8H2,(H,22,23,25). The molecule has 9 heteroatoms. The maximum atomic E-state index is 13.8. The van der Waals surface area contributed by atoms with Crippen molar-refractivity contribution in [2.24, 2.45) is 0 Å². The lowest BCUT2D eigenvalue weighted by molar-refractivity contribution is -0.116. The highest BCUT2D eigenvalue weighted by Gasteiger charge is 2.36. The van der Waals surface area contributed by atoms with E-state index in [0.29, 0.717) is 0 Å². The second-order valence-electron chi connectivity index (χ2n) is 5.95. The summed E-state index contributed by atoms with van der Waals surface area (Å²) < 4.78 is 27.2. The quantitative estimate of drug-likeness (QED) is 0.683. The van der Waals surface area contributed by atoms with Crippen LogP contribution in [-0.2, 0) is 4.79 Å². The average molecular weight is 399 g/mol. The Kier molecular flexibility index (Phi) is 4.44. The molecule has 0 unspecified atom stereocenters. The molecule has 0 radical (unpaired) electrons. The molecule has 140 valence electrons. The van der Waals surface area contributed by atoms with E-state index in [2.05, 4.69) is 10.3 Å². The van der Waals surface area contributed by atoms with Crippen molar-refractivity contribution in [1.29, 1.82) is 0 Å². The number of nitrogens with zero attached hydrogens (tertiary/aromatic N) is 2. The lowest BCUT2D eigenvalue weighted by Gasteiger charge is -2.12. The van der Waals surface area contributed by atoms with Crippen LogP contribution in [0.1, 0.15) is 20.7 Å². The first-order chi connectivity index (χ1) is 13.4. The van der Waals surface area contributed by atoms with Crippen LogP contribution in [0, 0.1) is 11.6 Å². The summed E-state index contributed by atoms with van der Waals surface area (Å²) >= 11 is 1.01. The number of aromatic nitrogens is 1. The van der Waals surface area contributed by atoms with Crippen LogP contribution in [0.15, 0.2) is 47.8 Å². The van der Waals surface area contributed by atoms with Gasteiger partial charge in [0.25, 0.3) is 11.8 Å². The summed E-state index contributed by atoms with van der Waals surface area (Å²) in [6, 6.07) is 9.31. The van der Waals surface area contributed by atoms with Crippen LogP contribution in [0.4, 0.5) is 13.9 Å². The molecule has 0 saturated heterocycles. The van der Waals surface area contributed by atoms with Crippen molar-refractivity contribution in [3.05, 3.63) is 70.6 Å². The molecule has 1 aliphatic heterocycles. The predicted octanol–water partition coefficient (Wildman–Crippen LogP) is 3.32. The zero-order chi connectivity index (χ0) is 19.8. The fourth-order valence-corrected chi connectivity index (χ4v) is 3.56. The number of hydrogen-bond donors (Lipinski definition) is 1. The number of anilines is 1. The van der Waals surface area contributed by atoms with E-state index in [1.165, 1.54) is 17.5 Å². The third-order valence-electron chi connectivity index (χ3n) is 4.13. The Labute approximate surface area is 161 Å². The van der Waals surface area contributed by atoms with Gasteiger partial charge < -0.3 is 5.32 Å². The summed E-state index contributed by atoms with van der Waals surface area (Å²) in [5.41, 5.74) is 0.631. The van der Waals surface area contributed by atoms with Gasteiger partial charge in [0, 0.05) is 10.9 Å². The third kappa shape index (κ3) is 3.16. The number of amides is 3. The fraction of sp³-hybridized carbons (Fsp3) is 0.0526. The van der Waals surface area contributed by atoms with Crippen LogP contribution in [0.3, 0.4) is 0 Å². The minimum Gasteiger partial charge on any atom is -0.300 e. The van der Waals surface area contributed by atoms with Gasteiger partial charge in [-0.2, -0.15) is 0 Å². The molecule has 6 nitrogen and oxygen atoms in total. The van der Waals surface area contributed by atoms with Crippen LogP contribution in [0.25, 0.3) is 11.3 Å². The molecular weight excluding hydrogens is 388 g/mol. The van der Waals surface area contributed by atoms with Crippen LogP contribution in [-0.4, -0.2) is 34.2 Å². The summed E-state index contributed by atoms with van der Waals surface area (Å²) in [4.78, 5) is 41.7. The number of nitrogens with one attached hydrogen (secondary N) is 1. The van der Waals surface area contributed by atoms with E-state index >= 15 is 0 Å². The molecule has 3 amide bonds. The van der Waals surface area contributed by atoms with Gasteiger partial charge in [-0.25, -0.2) is 13.8 Å². The van der Waals surface area contributed by atoms with Gasteiger partial charge in [-0.05, 0) is 30.3 Å². The van der Waals surface area contributed by atoms with Crippen LogP contribution in [0.5, 0.6) is 0 Å².